The van der Waals surface area contributed by atoms with Gasteiger partial charge in [-0.3, -0.25) is 19.8 Å². The molecule has 10 radical (unpaired) electrons. The minimum atomic E-state index is -0.742. The van der Waals surface area contributed by atoms with Crippen molar-refractivity contribution < 1.29 is 58.3 Å². The summed E-state index contributed by atoms with van der Waals surface area (Å²) < 4.78 is 10.4. The van der Waals surface area contributed by atoms with Gasteiger partial charge in [0.1, 0.15) is 23.0 Å². The van der Waals surface area contributed by atoms with E-state index in [0.29, 0.717) is 25.9 Å². The maximum atomic E-state index is 12.2. The Kier molecular flexibility index (Phi) is 14.5. The second kappa shape index (κ2) is 20.2. The van der Waals surface area contributed by atoms with Gasteiger partial charge in [0, 0.05) is 45.4 Å². The summed E-state index contributed by atoms with van der Waals surface area (Å²) in [6, 6.07) is 27.4. The van der Waals surface area contributed by atoms with Crippen LogP contribution in [-0.2, 0) is 55.0 Å². The molecule has 0 spiro atoms. The number of methoxy groups -OCH3 is 2. The van der Waals surface area contributed by atoms with Crippen molar-refractivity contribution in [2.45, 2.75) is 25.9 Å². The molecule has 4 aromatic carbocycles. The Hall–Kier alpha value is -6.82. The van der Waals surface area contributed by atoms with Crippen molar-refractivity contribution >= 4 is 23.9 Å². The topological polar surface area (TPSA) is 234 Å². The van der Waals surface area contributed by atoms with Crippen molar-refractivity contribution in [1.29, 1.82) is 0 Å². The summed E-state index contributed by atoms with van der Waals surface area (Å²) in [4.78, 5) is 51.5. The van der Waals surface area contributed by atoms with Crippen LogP contribution in [0.5, 0.6) is 23.0 Å². The van der Waals surface area contributed by atoms with Crippen LogP contribution in [0.1, 0.15) is 22.3 Å². The zero-order chi connectivity index (χ0) is 43.0. The second-order valence-corrected chi connectivity index (χ2v) is 13.7. The van der Waals surface area contributed by atoms with Crippen LogP contribution >= 0.6 is 0 Å². The van der Waals surface area contributed by atoms with Gasteiger partial charge in [-0.2, -0.15) is 10.6 Å². The number of rotatable bonds is 14. The summed E-state index contributed by atoms with van der Waals surface area (Å²) in [5.74, 6) is 0.653. The zero-order valence-corrected chi connectivity index (χ0v) is 36.8. The van der Waals surface area contributed by atoms with E-state index < -0.39 is 23.9 Å². The smallest absolute Gasteiger partial charge is 0.508 e. The largest absolute Gasteiger partial charge is 2.00 e. The average molecular weight is 888 g/mol. The fraction of sp³-hybridized carbons (Fsp3) is 0.163. The summed E-state index contributed by atoms with van der Waals surface area (Å²) in [5.41, 5.74) is 5.37. The normalized spacial score (nSPS) is 16.7. The molecule has 62 heavy (non-hydrogen) atoms. The number of likely N-dealkylation sites (N-methyl/N-ethyl adjacent to an activating group) is 1. The van der Waals surface area contributed by atoms with E-state index in [4.69, 9.17) is 9.47 Å². The Bertz CT molecular complexity index is 2280. The molecule has 4 aliphatic heterocycles. The first-order chi connectivity index (χ1) is 29.4. The number of hydrogen-bond acceptors (Lipinski definition) is 10. The van der Waals surface area contributed by atoms with Crippen molar-refractivity contribution in [2.24, 2.45) is 0 Å². The van der Waals surface area contributed by atoms with Gasteiger partial charge in [-0.05, 0) is 70.8 Å². The number of phenols is 2. The fourth-order valence-corrected chi connectivity index (χ4v) is 6.12. The number of phenolic OH excluding ortho intramolecular Hbond substituents is 2. The molecule has 2 saturated heterocycles. The summed E-state index contributed by atoms with van der Waals surface area (Å²) in [6.45, 7) is 0.831. The van der Waals surface area contributed by atoms with Gasteiger partial charge in [-0.25, -0.2) is 20.2 Å². The molecule has 18 nitrogen and oxygen atoms in total. The molecule has 19 heteroatoms. The number of amides is 6. The van der Waals surface area contributed by atoms with E-state index >= 15 is 0 Å². The Morgan fingerprint density at radius 2 is 1.00 bits per heavy atom. The van der Waals surface area contributed by atoms with Crippen LogP contribution in [0.3, 0.4) is 0 Å². The summed E-state index contributed by atoms with van der Waals surface area (Å²) in [7, 11) is 4.58. The Morgan fingerprint density at radius 3 is 1.37 bits per heavy atom. The first-order valence-electron chi connectivity index (χ1n) is 18.6. The quantitative estimate of drug-likeness (QED) is 0.124. The van der Waals surface area contributed by atoms with Gasteiger partial charge in [0.15, 0.2) is 0 Å². The summed E-state index contributed by atoms with van der Waals surface area (Å²) in [6.07, 6.45) is 4.89. The maximum absolute atomic E-state index is 12.2. The van der Waals surface area contributed by atoms with E-state index in [1.807, 2.05) is 60.9 Å². The molecule has 0 saturated carbocycles. The van der Waals surface area contributed by atoms with Gasteiger partial charge in [-0.15, -0.1) is 10.6 Å². The Morgan fingerprint density at radius 1 is 0.581 bits per heavy atom. The van der Waals surface area contributed by atoms with Crippen LogP contribution in [0.2, 0.25) is 0 Å². The number of nitrogens with zero attached hydrogens (tertiary/aromatic N) is 9. The minimum absolute atomic E-state index is 0. The van der Waals surface area contributed by atoms with Gasteiger partial charge < -0.3 is 29.5 Å². The SMILES string of the molecule is COc1ccc(CC2=CN(Cc3ccc(O)cc3)[C]([N][C]3[N]C(=O)N(C)C3=O)[N]2)cc1.COc1ccc(CC2=CN(Cc3ccc(O)cc3)[C]([N][C]3[N]C(=O)NC3=O)[N]2)cc1.[Zn+2]. The molecule has 3 N–H and O–H groups in total. The predicted molar refractivity (Wildman–Crippen MR) is 214 cm³/mol. The molecule has 8 rings (SSSR count). The molecule has 0 atom stereocenters. The van der Waals surface area contributed by atoms with E-state index in [9.17, 15) is 29.4 Å². The zero-order valence-electron chi connectivity index (χ0n) is 33.8. The van der Waals surface area contributed by atoms with Crippen molar-refractivity contribution in [3.8, 4) is 23.0 Å². The third-order valence-corrected chi connectivity index (χ3v) is 9.31. The number of allylic oxidation sites excluding steroid dienone is 2. The standard InChI is InChI=1S/C22H20N5O4.C21H18N5O4.Zn/c1-26-20(29)19(25-22(26)30)24-21-23-16(11-14-5-9-18(31-2)10-6-14)13-27(21)12-15-3-7-17(28)8-4-15;1-30-17-8-4-13(5-9-17)10-15-12-26(11-14-2-6-16(27)7-3-14)20(22-15)23-18-19(28)25-21(29)24-18;/h3-10,13,28H,11-12H2,1-2H3;2-9,12,27H,10-11H2,1H3,(H,25,28,29);/q;;+2. The minimum Gasteiger partial charge on any atom is -0.508 e. The molecular weight excluding hydrogens is 850 g/mol. The van der Waals surface area contributed by atoms with Crippen molar-refractivity contribution in [2.75, 3.05) is 21.3 Å². The van der Waals surface area contributed by atoms with Crippen LogP contribution in [0.25, 0.3) is 0 Å². The number of carbonyl (C=O) groups is 4. The third kappa shape index (κ3) is 11.3. The monoisotopic (exact) mass is 886 g/mol. The van der Waals surface area contributed by atoms with Crippen LogP contribution in [0.15, 0.2) is 121 Å². The summed E-state index contributed by atoms with van der Waals surface area (Å²) in [5, 5.41) is 45.9. The molecule has 6 amide bonds. The van der Waals surface area contributed by atoms with Crippen LogP contribution in [0, 0.1) is 24.9 Å². The number of benzene rings is 4. The molecule has 0 aromatic heterocycles. The van der Waals surface area contributed by atoms with Crippen molar-refractivity contribution in [3.63, 3.8) is 0 Å². The number of urea groups is 2. The number of nitrogens with one attached hydrogen (secondary N) is 1. The van der Waals surface area contributed by atoms with E-state index in [1.165, 1.54) is 7.05 Å². The first-order valence-corrected chi connectivity index (χ1v) is 18.6. The van der Waals surface area contributed by atoms with E-state index in [-0.39, 0.29) is 55.9 Å². The molecule has 4 aliphatic rings. The van der Waals surface area contributed by atoms with Gasteiger partial charge >= 0.3 is 31.5 Å². The van der Waals surface area contributed by atoms with Crippen molar-refractivity contribution in [3.05, 3.63) is 168 Å². The third-order valence-electron chi connectivity index (χ3n) is 9.31. The van der Waals surface area contributed by atoms with Crippen LogP contribution in [-0.4, -0.2) is 70.1 Å². The molecule has 0 bridgehead atoms. The number of ether oxygens (including phenoxy) is 2. The van der Waals surface area contributed by atoms with Crippen molar-refractivity contribution in [1.82, 2.24) is 51.9 Å². The first kappa shape index (κ1) is 44.7. The Balaban J connectivity index is 0.000000204. The molecule has 0 unspecified atom stereocenters. The van der Waals surface area contributed by atoms with Crippen LogP contribution < -0.4 is 46.7 Å². The molecule has 4 aromatic rings. The van der Waals surface area contributed by atoms with Gasteiger partial charge in [0.05, 0.1) is 25.6 Å². The number of hydrogen-bond donors (Lipinski definition) is 3. The molecular formula is C43H38N10O8Zn+2. The van der Waals surface area contributed by atoms with E-state index in [2.05, 4.69) is 37.2 Å². The number of carbonyl (C=O) groups excluding carboxylic acids is 4. The van der Waals surface area contributed by atoms with Gasteiger partial charge in [0.2, 0.25) is 0 Å². The fourth-order valence-electron chi connectivity index (χ4n) is 6.12. The molecule has 308 valence electrons. The summed E-state index contributed by atoms with van der Waals surface area (Å²) >= 11 is 0. The average Bonchev–Trinajstić information content (AvgIpc) is 3.98. The number of aromatic hydroxyl groups is 2. The Labute approximate surface area is 371 Å². The molecule has 2 fully saturated rings. The van der Waals surface area contributed by atoms with E-state index in [1.54, 1.807) is 72.6 Å². The maximum Gasteiger partial charge on any atom is 2.00 e. The van der Waals surface area contributed by atoms with Gasteiger partial charge in [-0.1, -0.05) is 48.5 Å². The van der Waals surface area contributed by atoms with E-state index in [0.717, 1.165) is 50.0 Å². The predicted octanol–water partition coefficient (Wildman–Crippen LogP) is 2.94. The second-order valence-electron chi connectivity index (χ2n) is 13.7. The number of imide groups is 2. The molecule has 4 heterocycles. The van der Waals surface area contributed by atoms with Gasteiger partial charge in [0.25, 0.3) is 36.7 Å². The molecule has 0 aliphatic carbocycles. The van der Waals surface area contributed by atoms with Crippen LogP contribution in [0.4, 0.5) is 9.59 Å².